The minimum Gasteiger partial charge on any atom is -0.350 e. The summed E-state index contributed by atoms with van der Waals surface area (Å²) >= 11 is 0. The van der Waals surface area contributed by atoms with Crippen LogP contribution in [0.5, 0.6) is 0 Å². The molecule has 2 aromatic heterocycles. The van der Waals surface area contributed by atoms with Gasteiger partial charge in [0.15, 0.2) is 0 Å². The van der Waals surface area contributed by atoms with E-state index in [1.165, 1.54) is 0 Å². The lowest BCUT2D eigenvalue weighted by atomic mass is 10.0. The van der Waals surface area contributed by atoms with Gasteiger partial charge in [0.2, 0.25) is 5.95 Å². The van der Waals surface area contributed by atoms with Crippen LogP contribution in [0.1, 0.15) is 41.0 Å². The van der Waals surface area contributed by atoms with Gasteiger partial charge in [-0.2, -0.15) is 0 Å². The third kappa shape index (κ3) is 4.67. The van der Waals surface area contributed by atoms with Crippen LogP contribution < -0.4 is 10.6 Å². The highest BCUT2D eigenvalue weighted by molar-refractivity contribution is 6.03. The van der Waals surface area contributed by atoms with Crippen LogP contribution in [-0.4, -0.2) is 20.9 Å². The summed E-state index contributed by atoms with van der Waals surface area (Å²) in [7, 11) is 0. The maximum Gasteiger partial charge on any atom is 0.274 e. The van der Waals surface area contributed by atoms with E-state index in [1.54, 1.807) is 24.7 Å². The molecule has 138 valence electrons. The number of aromatic nitrogens is 3. The number of aryl methyl sites for hydroxylation is 2. The van der Waals surface area contributed by atoms with Crippen LogP contribution in [0.4, 0.5) is 11.6 Å². The van der Waals surface area contributed by atoms with E-state index in [1.807, 2.05) is 30.3 Å². The number of amides is 1. The number of hydrogen-bond donors (Lipinski definition) is 2. The SMILES string of the molecule is CCc1cccc(CC)c1NC(=O)c1ccnc(NCc2cccnc2)n1. The van der Waals surface area contributed by atoms with Gasteiger partial charge in [-0.3, -0.25) is 9.78 Å². The molecule has 0 aliphatic heterocycles. The van der Waals surface area contributed by atoms with Crippen molar-refractivity contribution in [2.75, 3.05) is 10.6 Å². The molecule has 0 spiro atoms. The quantitative estimate of drug-likeness (QED) is 0.668. The molecule has 2 N–H and O–H groups in total. The smallest absolute Gasteiger partial charge is 0.274 e. The first-order chi connectivity index (χ1) is 13.2. The number of carbonyl (C=O) groups excluding carboxylic acids is 1. The van der Waals surface area contributed by atoms with Crippen molar-refractivity contribution in [1.82, 2.24) is 15.0 Å². The number of pyridine rings is 1. The number of rotatable bonds is 7. The largest absolute Gasteiger partial charge is 0.350 e. The zero-order valence-corrected chi connectivity index (χ0v) is 15.6. The molecule has 2 heterocycles. The van der Waals surface area contributed by atoms with E-state index in [-0.39, 0.29) is 5.91 Å². The Balaban J connectivity index is 1.74. The van der Waals surface area contributed by atoms with Crippen LogP contribution in [0.15, 0.2) is 55.0 Å². The molecule has 0 aliphatic carbocycles. The average molecular weight is 361 g/mol. The highest BCUT2D eigenvalue weighted by atomic mass is 16.1. The van der Waals surface area contributed by atoms with E-state index in [0.29, 0.717) is 18.2 Å². The zero-order valence-electron chi connectivity index (χ0n) is 15.6. The molecule has 0 radical (unpaired) electrons. The van der Waals surface area contributed by atoms with Crippen LogP contribution in [0.25, 0.3) is 0 Å². The molecule has 3 rings (SSSR count). The third-order valence-electron chi connectivity index (χ3n) is 4.30. The monoisotopic (exact) mass is 361 g/mol. The molecule has 1 aromatic carbocycles. The summed E-state index contributed by atoms with van der Waals surface area (Å²) in [6.45, 7) is 4.70. The molecule has 0 saturated heterocycles. The number of hydrogen-bond acceptors (Lipinski definition) is 5. The normalized spacial score (nSPS) is 10.4. The molecule has 0 bridgehead atoms. The van der Waals surface area contributed by atoms with Gasteiger partial charge in [-0.05, 0) is 41.7 Å². The molecule has 0 aliphatic rings. The highest BCUT2D eigenvalue weighted by Gasteiger charge is 2.13. The highest BCUT2D eigenvalue weighted by Crippen LogP contribution is 2.23. The average Bonchev–Trinajstić information content (AvgIpc) is 2.73. The second-order valence-corrected chi connectivity index (χ2v) is 6.09. The molecule has 0 unspecified atom stereocenters. The van der Waals surface area contributed by atoms with Crippen LogP contribution in [0.2, 0.25) is 0 Å². The number of nitrogens with one attached hydrogen (secondary N) is 2. The Labute approximate surface area is 159 Å². The second-order valence-electron chi connectivity index (χ2n) is 6.09. The lowest BCUT2D eigenvalue weighted by Crippen LogP contribution is -2.17. The van der Waals surface area contributed by atoms with E-state index < -0.39 is 0 Å². The fourth-order valence-corrected chi connectivity index (χ4v) is 2.83. The predicted molar refractivity (Wildman–Crippen MR) is 107 cm³/mol. The van der Waals surface area contributed by atoms with Crippen molar-refractivity contribution < 1.29 is 4.79 Å². The Bertz CT molecular complexity index is 889. The van der Waals surface area contributed by atoms with Crippen molar-refractivity contribution in [3.05, 3.63) is 77.4 Å². The number of carbonyl (C=O) groups is 1. The van der Waals surface area contributed by atoms with E-state index in [0.717, 1.165) is 35.2 Å². The van der Waals surface area contributed by atoms with Gasteiger partial charge in [-0.1, -0.05) is 38.1 Å². The molecule has 6 nitrogen and oxygen atoms in total. The van der Waals surface area contributed by atoms with Gasteiger partial charge in [-0.25, -0.2) is 9.97 Å². The Morgan fingerprint density at radius 2 is 1.78 bits per heavy atom. The standard InChI is InChI=1S/C21H23N5O/c1-3-16-8-5-9-17(4-2)19(16)26-20(27)18-10-12-23-21(25-18)24-14-15-7-6-11-22-13-15/h5-13H,3-4,14H2,1-2H3,(H,26,27)(H,23,24,25). The minimum absolute atomic E-state index is 0.238. The van der Waals surface area contributed by atoms with Crippen molar-refractivity contribution in [2.24, 2.45) is 0 Å². The zero-order chi connectivity index (χ0) is 19.1. The van der Waals surface area contributed by atoms with E-state index in [4.69, 9.17) is 0 Å². The summed E-state index contributed by atoms with van der Waals surface area (Å²) in [5.74, 6) is 0.170. The fraction of sp³-hybridized carbons (Fsp3) is 0.238. The lowest BCUT2D eigenvalue weighted by molar-refractivity contribution is 0.102. The van der Waals surface area contributed by atoms with E-state index in [2.05, 4.69) is 39.4 Å². The number of para-hydroxylation sites is 1. The Kier molecular flexibility index (Phi) is 6.10. The molecular formula is C21H23N5O. The van der Waals surface area contributed by atoms with Gasteiger partial charge >= 0.3 is 0 Å². The predicted octanol–water partition coefficient (Wildman–Crippen LogP) is 3.86. The van der Waals surface area contributed by atoms with Crippen LogP contribution in [0, 0.1) is 0 Å². The molecule has 1 amide bonds. The Morgan fingerprint density at radius 3 is 2.44 bits per heavy atom. The molecule has 0 atom stereocenters. The summed E-state index contributed by atoms with van der Waals surface area (Å²) in [4.78, 5) is 25.3. The van der Waals surface area contributed by atoms with Crippen molar-refractivity contribution >= 4 is 17.5 Å². The molecule has 3 aromatic rings. The Morgan fingerprint density at radius 1 is 1.00 bits per heavy atom. The molecule has 27 heavy (non-hydrogen) atoms. The number of anilines is 2. The first-order valence-corrected chi connectivity index (χ1v) is 9.09. The first kappa shape index (κ1) is 18.5. The van der Waals surface area contributed by atoms with Crippen molar-refractivity contribution in [1.29, 1.82) is 0 Å². The fourth-order valence-electron chi connectivity index (χ4n) is 2.83. The van der Waals surface area contributed by atoms with Crippen molar-refractivity contribution in [3.8, 4) is 0 Å². The topological polar surface area (TPSA) is 79.8 Å². The van der Waals surface area contributed by atoms with Crippen LogP contribution in [-0.2, 0) is 19.4 Å². The number of nitrogens with zero attached hydrogens (tertiary/aromatic N) is 3. The second kappa shape index (κ2) is 8.89. The minimum atomic E-state index is -0.238. The van der Waals surface area contributed by atoms with Crippen molar-refractivity contribution in [2.45, 2.75) is 33.2 Å². The molecule has 0 fully saturated rings. The van der Waals surface area contributed by atoms with Crippen LogP contribution >= 0.6 is 0 Å². The maximum atomic E-state index is 12.7. The third-order valence-corrected chi connectivity index (χ3v) is 4.30. The maximum absolute atomic E-state index is 12.7. The number of benzene rings is 1. The van der Waals surface area contributed by atoms with Gasteiger partial charge in [-0.15, -0.1) is 0 Å². The molecular weight excluding hydrogens is 338 g/mol. The van der Waals surface area contributed by atoms with Gasteiger partial charge in [0.25, 0.3) is 5.91 Å². The van der Waals surface area contributed by atoms with Gasteiger partial charge in [0.05, 0.1) is 0 Å². The summed E-state index contributed by atoms with van der Waals surface area (Å²) in [5, 5.41) is 6.15. The summed E-state index contributed by atoms with van der Waals surface area (Å²) < 4.78 is 0. The molecule has 6 heteroatoms. The van der Waals surface area contributed by atoms with Gasteiger partial charge in [0, 0.05) is 30.8 Å². The summed E-state index contributed by atoms with van der Waals surface area (Å²) in [6, 6.07) is 11.6. The van der Waals surface area contributed by atoms with Gasteiger partial charge < -0.3 is 10.6 Å². The molecule has 0 saturated carbocycles. The van der Waals surface area contributed by atoms with E-state index >= 15 is 0 Å². The Hall–Kier alpha value is -3.28. The summed E-state index contributed by atoms with van der Waals surface area (Å²) in [5.41, 5.74) is 4.46. The summed E-state index contributed by atoms with van der Waals surface area (Å²) in [6.07, 6.45) is 6.79. The lowest BCUT2D eigenvalue weighted by Gasteiger charge is -2.14. The first-order valence-electron chi connectivity index (χ1n) is 9.09. The van der Waals surface area contributed by atoms with E-state index in [9.17, 15) is 4.79 Å². The van der Waals surface area contributed by atoms with Gasteiger partial charge in [0.1, 0.15) is 5.69 Å². The van der Waals surface area contributed by atoms with Crippen LogP contribution in [0.3, 0.4) is 0 Å². The van der Waals surface area contributed by atoms with Crippen molar-refractivity contribution in [3.63, 3.8) is 0 Å².